The molecule has 0 atom stereocenters. The van der Waals surface area contributed by atoms with Crippen LogP contribution in [-0.4, -0.2) is 25.9 Å². The van der Waals surface area contributed by atoms with E-state index in [0.717, 1.165) is 33.2 Å². The molecule has 0 saturated carbocycles. The van der Waals surface area contributed by atoms with E-state index in [1.165, 1.54) is 6.92 Å². The number of carbonyl (C=O) groups excluding carboxylic acids is 1. The summed E-state index contributed by atoms with van der Waals surface area (Å²) in [5.74, 6) is -0.461. The van der Waals surface area contributed by atoms with Gasteiger partial charge in [-0.1, -0.05) is 31.2 Å². The minimum atomic E-state index is -0.995. The van der Waals surface area contributed by atoms with Crippen LogP contribution < -0.4 is 16.0 Å². The summed E-state index contributed by atoms with van der Waals surface area (Å²) in [4.78, 5) is 36.2. The van der Waals surface area contributed by atoms with Gasteiger partial charge in [-0.25, -0.2) is 9.97 Å². The first-order valence-corrected chi connectivity index (χ1v) is 10.0. The zero-order valence-corrected chi connectivity index (χ0v) is 17.3. The monoisotopic (exact) mass is 426 g/mol. The van der Waals surface area contributed by atoms with Crippen molar-refractivity contribution >= 4 is 39.4 Å². The average molecular weight is 426 g/mol. The number of aliphatic carboxylic acids is 1. The van der Waals surface area contributed by atoms with Gasteiger partial charge in [0.2, 0.25) is 5.95 Å². The Balaban J connectivity index is 0.000000444. The molecule has 0 unspecified atom stereocenters. The summed E-state index contributed by atoms with van der Waals surface area (Å²) >= 11 is 0. The predicted octanol–water partition coefficient (Wildman–Crippen LogP) is 3.36. The number of anilines is 2. The van der Waals surface area contributed by atoms with Crippen molar-refractivity contribution in [2.75, 3.05) is 5.32 Å². The smallest absolute Gasteiger partial charge is 0.272 e. The van der Waals surface area contributed by atoms with Gasteiger partial charge in [0.25, 0.3) is 5.56 Å². The van der Waals surface area contributed by atoms with E-state index in [2.05, 4.69) is 25.3 Å². The van der Waals surface area contributed by atoms with E-state index in [9.17, 15) is 14.7 Å². The molecule has 160 valence electrons. The lowest BCUT2D eigenvalue weighted by Crippen LogP contribution is -2.19. The van der Waals surface area contributed by atoms with Gasteiger partial charge in [0.1, 0.15) is 5.52 Å². The molecule has 2 aromatic carbocycles. The number of carbonyl (C=O) groups is 1. The predicted molar refractivity (Wildman–Crippen MR) is 122 cm³/mol. The molecule has 5 aromatic rings. The number of pyridine rings is 1. The van der Waals surface area contributed by atoms with Crippen molar-refractivity contribution in [2.45, 2.75) is 13.3 Å². The molecule has 0 aliphatic carbocycles. The number of hydrogen-bond acceptors (Lipinski definition) is 6. The van der Waals surface area contributed by atoms with E-state index in [1.54, 1.807) is 12.4 Å². The number of H-pyrrole nitrogens is 2. The lowest BCUT2D eigenvalue weighted by atomic mass is 10.1. The Morgan fingerprint density at radius 1 is 1.06 bits per heavy atom. The molecule has 5 rings (SSSR count). The number of aromatic amines is 2. The molecule has 0 aliphatic rings. The number of carboxylic acid groups (broad SMARTS) is 1. The van der Waals surface area contributed by atoms with Gasteiger partial charge in [-0.05, 0) is 42.8 Å². The highest BCUT2D eigenvalue weighted by Gasteiger charge is 2.09. The average Bonchev–Trinajstić information content (AvgIpc) is 3.31. The maximum absolute atomic E-state index is 12.1. The lowest BCUT2D eigenvalue weighted by Gasteiger charge is -2.08. The van der Waals surface area contributed by atoms with Crippen molar-refractivity contribution in [3.63, 3.8) is 0 Å². The Kier molecular flexibility index (Phi) is 5.94. The molecule has 0 bridgehead atoms. The Labute approximate surface area is 183 Å². The van der Waals surface area contributed by atoms with Crippen LogP contribution in [0.1, 0.15) is 13.3 Å². The van der Waals surface area contributed by atoms with Gasteiger partial charge in [-0.3, -0.25) is 4.79 Å². The SMILES string of the molecule is CCC(=O)[O-].O=c1[nH]c2ccc(-c3ccnc(Nc4ccccc4)n3)cc2c2cc[nH]c12. The second kappa shape index (κ2) is 9.13. The Hall–Kier alpha value is -4.46. The first-order chi connectivity index (χ1) is 15.5. The van der Waals surface area contributed by atoms with Crippen molar-refractivity contribution < 1.29 is 9.90 Å². The second-order valence-electron chi connectivity index (χ2n) is 6.96. The number of rotatable bonds is 4. The third-order valence-electron chi connectivity index (χ3n) is 4.80. The zero-order valence-electron chi connectivity index (χ0n) is 17.3. The summed E-state index contributed by atoms with van der Waals surface area (Å²) in [5.41, 5.74) is 3.95. The first kappa shape index (κ1) is 20.8. The van der Waals surface area contributed by atoms with Crippen molar-refractivity contribution in [1.82, 2.24) is 19.9 Å². The molecular weight excluding hydrogens is 406 g/mol. The van der Waals surface area contributed by atoms with E-state index in [1.807, 2.05) is 60.7 Å². The highest BCUT2D eigenvalue weighted by atomic mass is 16.4. The molecule has 0 spiro atoms. The molecule has 3 aromatic heterocycles. The zero-order chi connectivity index (χ0) is 22.5. The molecule has 0 fully saturated rings. The maximum Gasteiger partial charge on any atom is 0.272 e. The van der Waals surface area contributed by atoms with Crippen LogP contribution in [0.25, 0.3) is 33.1 Å². The molecular formula is C24H20N5O3-. The van der Waals surface area contributed by atoms with Gasteiger partial charge in [0, 0.05) is 45.9 Å². The Morgan fingerprint density at radius 2 is 1.84 bits per heavy atom. The molecule has 8 heteroatoms. The van der Waals surface area contributed by atoms with Gasteiger partial charge in [0.15, 0.2) is 0 Å². The summed E-state index contributed by atoms with van der Waals surface area (Å²) in [6, 6.07) is 19.5. The molecule has 3 N–H and O–H groups in total. The van der Waals surface area contributed by atoms with Crippen molar-refractivity contribution in [2.24, 2.45) is 0 Å². The molecule has 32 heavy (non-hydrogen) atoms. The summed E-state index contributed by atoms with van der Waals surface area (Å²) in [6.07, 6.45) is 3.62. The van der Waals surface area contributed by atoms with Crippen LogP contribution in [-0.2, 0) is 4.79 Å². The number of carboxylic acids is 1. The maximum atomic E-state index is 12.1. The standard InChI is InChI=1S/C21H15N5O.C3H6O2/c27-20-19-15(8-10-22-19)16-12-13(6-7-18(16)25-20)17-9-11-23-21(26-17)24-14-4-2-1-3-5-14;1-2-3(4)5/h1-12,22H,(H,25,27)(H,23,24,26);2H2,1H3,(H,4,5)/p-1. The van der Waals surface area contributed by atoms with Crippen LogP contribution >= 0.6 is 0 Å². The summed E-state index contributed by atoms with van der Waals surface area (Å²) in [7, 11) is 0. The van der Waals surface area contributed by atoms with E-state index in [0.29, 0.717) is 11.5 Å². The summed E-state index contributed by atoms with van der Waals surface area (Å²) < 4.78 is 0. The number of nitrogens with one attached hydrogen (secondary N) is 3. The molecule has 0 radical (unpaired) electrons. The minimum absolute atomic E-state index is 0.111. The van der Waals surface area contributed by atoms with Crippen molar-refractivity contribution in [3.8, 4) is 11.3 Å². The molecule has 3 heterocycles. The number of nitrogens with zero attached hydrogens (tertiary/aromatic N) is 2. The minimum Gasteiger partial charge on any atom is -0.550 e. The molecule has 0 aliphatic heterocycles. The van der Waals surface area contributed by atoms with Crippen LogP contribution in [0.3, 0.4) is 0 Å². The van der Waals surface area contributed by atoms with Crippen LogP contribution in [0.15, 0.2) is 77.9 Å². The van der Waals surface area contributed by atoms with Gasteiger partial charge >= 0.3 is 0 Å². The third-order valence-corrected chi connectivity index (χ3v) is 4.80. The Morgan fingerprint density at radius 3 is 2.59 bits per heavy atom. The van der Waals surface area contributed by atoms with Gasteiger partial charge < -0.3 is 25.2 Å². The van der Waals surface area contributed by atoms with E-state index >= 15 is 0 Å². The quantitative estimate of drug-likeness (QED) is 0.404. The molecule has 0 saturated heterocycles. The second-order valence-corrected chi connectivity index (χ2v) is 6.96. The summed E-state index contributed by atoms with van der Waals surface area (Å²) in [5, 5.41) is 14.3. The lowest BCUT2D eigenvalue weighted by molar-refractivity contribution is -0.305. The highest BCUT2D eigenvalue weighted by molar-refractivity contribution is 6.05. The van der Waals surface area contributed by atoms with Gasteiger partial charge in [0.05, 0.1) is 5.69 Å². The Bertz CT molecular complexity index is 1440. The number of para-hydroxylation sites is 1. The fourth-order valence-electron chi connectivity index (χ4n) is 3.23. The molecule has 0 amide bonds. The van der Waals surface area contributed by atoms with Crippen LogP contribution in [0, 0.1) is 0 Å². The van der Waals surface area contributed by atoms with E-state index < -0.39 is 5.97 Å². The first-order valence-electron chi connectivity index (χ1n) is 10.0. The fourth-order valence-corrected chi connectivity index (χ4v) is 3.23. The van der Waals surface area contributed by atoms with Crippen LogP contribution in [0.2, 0.25) is 0 Å². The van der Waals surface area contributed by atoms with Gasteiger partial charge in [-0.2, -0.15) is 0 Å². The largest absolute Gasteiger partial charge is 0.550 e. The van der Waals surface area contributed by atoms with Crippen molar-refractivity contribution in [1.29, 1.82) is 0 Å². The molecule has 8 nitrogen and oxygen atoms in total. The fraction of sp³-hybridized carbons (Fsp3) is 0.0833. The number of hydrogen-bond donors (Lipinski definition) is 3. The number of fused-ring (bicyclic) bond motifs is 3. The number of aromatic nitrogens is 4. The highest BCUT2D eigenvalue weighted by Crippen LogP contribution is 2.27. The number of benzene rings is 2. The summed E-state index contributed by atoms with van der Waals surface area (Å²) in [6.45, 7) is 1.54. The van der Waals surface area contributed by atoms with Crippen LogP contribution in [0.5, 0.6) is 0 Å². The van der Waals surface area contributed by atoms with E-state index in [-0.39, 0.29) is 12.0 Å². The van der Waals surface area contributed by atoms with Crippen molar-refractivity contribution in [3.05, 3.63) is 83.4 Å². The van der Waals surface area contributed by atoms with E-state index in [4.69, 9.17) is 0 Å². The van der Waals surface area contributed by atoms with Gasteiger partial charge in [-0.15, -0.1) is 0 Å². The third kappa shape index (κ3) is 4.49. The topological polar surface area (TPSA) is 127 Å². The van der Waals surface area contributed by atoms with Crippen LogP contribution in [0.4, 0.5) is 11.6 Å². The normalized spacial score (nSPS) is 10.5.